The molecule has 0 bridgehead atoms. The first-order valence-electron chi connectivity index (χ1n) is 9.40. The van der Waals surface area contributed by atoms with Crippen LogP contribution in [0, 0.1) is 0 Å². The molecule has 1 unspecified atom stereocenters. The first-order chi connectivity index (χ1) is 15.5. The lowest BCUT2D eigenvalue weighted by Gasteiger charge is -2.20. The number of hydrogen-bond acceptors (Lipinski definition) is 10. The van der Waals surface area contributed by atoms with Gasteiger partial charge < -0.3 is 15.9 Å². The van der Waals surface area contributed by atoms with Crippen LogP contribution < -0.4 is 21.3 Å². The molecule has 4 rings (SSSR count). The Morgan fingerprint density at radius 2 is 1.85 bits per heavy atom. The van der Waals surface area contributed by atoms with Gasteiger partial charge in [0.25, 0.3) is 0 Å². The topological polar surface area (TPSA) is 230 Å². The molecule has 0 saturated heterocycles. The molecule has 4 aromatic rings. The molecule has 3 aromatic heterocycles. The molecule has 1 aromatic carbocycles. The van der Waals surface area contributed by atoms with Crippen LogP contribution >= 0.6 is 0 Å². The van der Waals surface area contributed by atoms with Gasteiger partial charge in [0.2, 0.25) is 25.9 Å². The summed E-state index contributed by atoms with van der Waals surface area (Å²) in [7, 11) is -9.07. The Labute approximate surface area is 188 Å². The summed E-state index contributed by atoms with van der Waals surface area (Å²) < 4.78 is 55.8. The minimum absolute atomic E-state index is 0.157. The summed E-state index contributed by atoms with van der Waals surface area (Å²) in [5.41, 5.74) is 12.2. The number of fused-ring (bicyclic) bond motifs is 1. The molecule has 33 heavy (non-hydrogen) atoms. The standard InChI is InChI=1S/C17H20N10O4S2/c1-9(15(18)19)24-33(30,31)12-5-4-10(11-3-2-7-27-8-6-21-17(11)27)13(14(12)32(20,28)29)16-22-25-26-23-16/h2-9,15,24H,18-19H2,1H3,(H2,20,28,29)(H,22,23,25,26). The highest BCUT2D eigenvalue weighted by Crippen LogP contribution is 2.39. The Hall–Kier alpha value is -3.28. The van der Waals surface area contributed by atoms with Crippen molar-refractivity contribution >= 4 is 25.7 Å². The number of aromatic amines is 1. The van der Waals surface area contributed by atoms with E-state index in [9.17, 15) is 16.8 Å². The molecule has 16 heteroatoms. The smallest absolute Gasteiger partial charge is 0.242 e. The van der Waals surface area contributed by atoms with Crippen molar-refractivity contribution in [2.24, 2.45) is 16.6 Å². The second-order valence-corrected chi connectivity index (χ2v) is 10.3. The third-order valence-corrected chi connectivity index (χ3v) is 7.62. The van der Waals surface area contributed by atoms with Crippen LogP contribution in [-0.2, 0) is 20.0 Å². The number of hydrogen-bond donors (Lipinski definition) is 5. The average molecular weight is 493 g/mol. The van der Waals surface area contributed by atoms with Crippen LogP contribution in [0.15, 0.2) is 52.6 Å². The number of primary sulfonamides is 1. The van der Waals surface area contributed by atoms with E-state index in [1.165, 1.54) is 13.0 Å². The average Bonchev–Trinajstić information content (AvgIpc) is 3.43. The summed E-state index contributed by atoms with van der Waals surface area (Å²) in [6.07, 6.45) is 3.98. The molecular formula is C17H20N10O4S2. The molecule has 3 heterocycles. The number of aromatic nitrogens is 6. The number of benzene rings is 1. The van der Waals surface area contributed by atoms with Gasteiger partial charge >= 0.3 is 0 Å². The van der Waals surface area contributed by atoms with Crippen LogP contribution in [0.3, 0.4) is 0 Å². The van der Waals surface area contributed by atoms with Gasteiger partial charge in [0.05, 0.1) is 11.7 Å². The monoisotopic (exact) mass is 492 g/mol. The highest BCUT2D eigenvalue weighted by Gasteiger charge is 2.33. The SMILES string of the molecule is CC(NS(=O)(=O)c1ccc(-c2cccn3ccnc23)c(-c2nn[nH]n2)c1S(N)(=O)=O)C(N)N. The number of nitrogens with one attached hydrogen (secondary N) is 2. The van der Waals surface area contributed by atoms with Gasteiger partial charge in [-0.15, -0.1) is 10.2 Å². The Kier molecular flexibility index (Phi) is 5.72. The van der Waals surface area contributed by atoms with Crippen molar-refractivity contribution in [3.05, 3.63) is 42.9 Å². The molecule has 8 N–H and O–H groups in total. The van der Waals surface area contributed by atoms with Crippen molar-refractivity contribution in [2.45, 2.75) is 28.9 Å². The maximum atomic E-state index is 13.1. The minimum Gasteiger partial charge on any atom is -0.315 e. The molecule has 0 aliphatic carbocycles. The zero-order valence-corrected chi connectivity index (χ0v) is 18.7. The molecule has 0 amide bonds. The summed E-state index contributed by atoms with van der Waals surface area (Å²) in [6, 6.07) is 5.05. The van der Waals surface area contributed by atoms with E-state index < -0.39 is 42.0 Å². The second-order valence-electron chi connectivity index (χ2n) is 7.16. The lowest BCUT2D eigenvalue weighted by atomic mass is 10.00. The number of nitrogens with zero attached hydrogens (tertiary/aromatic N) is 5. The Bertz CT molecular complexity index is 1530. The minimum atomic E-state index is -4.63. The third-order valence-electron chi connectivity index (χ3n) is 4.89. The zero-order chi connectivity index (χ0) is 24.0. The van der Waals surface area contributed by atoms with Crippen molar-refractivity contribution in [1.82, 2.24) is 34.7 Å². The van der Waals surface area contributed by atoms with E-state index >= 15 is 0 Å². The van der Waals surface area contributed by atoms with E-state index in [-0.39, 0.29) is 17.0 Å². The second kappa shape index (κ2) is 8.25. The van der Waals surface area contributed by atoms with Gasteiger partial charge in [-0.25, -0.2) is 31.7 Å². The first-order valence-corrected chi connectivity index (χ1v) is 12.4. The van der Waals surface area contributed by atoms with E-state index in [1.54, 1.807) is 35.1 Å². The van der Waals surface area contributed by atoms with Crippen LogP contribution in [0.4, 0.5) is 0 Å². The highest BCUT2D eigenvalue weighted by molar-refractivity contribution is 7.92. The number of rotatable bonds is 7. The lowest BCUT2D eigenvalue weighted by Crippen LogP contribution is -2.50. The number of imidazole rings is 1. The molecular weight excluding hydrogens is 472 g/mol. The summed E-state index contributed by atoms with van der Waals surface area (Å²) in [5.74, 6) is -0.178. The number of pyridine rings is 1. The fourth-order valence-corrected chi connectivity index (χ4v) is 6.20. The van der Waals surface area contributed by atoms with Crippen LogP contribution in [0.1, 0.15) is 6.92 Å². The van der Waals surface area contributed by atoms with Gasteiger partial charge in [-0.3, -0.25) is 0 Å². The molecule has 0 saturated carbocycles. The van der Waals surface area contributed by atoms with Gasteiger partial charge in [0.1, 0.15) is 15.4 Å². The van der Waals surface area contributed by atoms with Crippen molar-refractivity contribution in [3.8, 4) is 22.5 Å². The maximum Gasteiger partial charge on any atom is 0.242 e. The van der Waals surface area contributed by atoms with E-state index in [1.807, 2.05) is 0 Å². The summed E-state index contributed by atoms with van der Waals surface area (Å²) in [6.45, 7) is 1.44. The Morgan fingerprint density at radius 1 is 1.09 bits per heavy atom. The van der Waals surface area contributed by atoms with Crippen molar-refractivity contribution in [3.63, 3.8) is 0 Å². The largest absolute Gasteiger partial charge is 0.315 e. The van der Waals surface area contributed by atoms with E-state index in [2.05, 4.69) is 30.3 Å². The first kappa shape index (κ1) is 22.9. The number of sulfonamides is 2. The molecule has 174 valence electrons. The highest BCUT2D eigenvalue weighted by atomic mass is 32.2. The lowest BCUT2D eigenvalue weighted by molar-refractivity contribution is 0.510. The number of H-pyrrole nitrogens is 1. The molecule has 0 radical (unpaired) electrons. The van der Waals surface area contributed by atoms with Crippen LogP contribution in [-0.4, -0.2) is 59.1 Å². The maximum absolute atomic E-state index is 13.1. The van der Waals surface area contributed by atoms with Crippen molar-refractivity contribution in [1.29, 1.82) is 0 Å². The number of nitrogens with two attached hydrogens (primary N) is 3. The van der Waals surface area contributed by atoms with Crippen LogP contribution in [0.5, 0.6) is 0 Å². The zero-order valence-electron chi connectivity index (χ0n) is 17.1. The van der Waals surface area contributed by atoms with E-state index in [4.69, 9.17) is 16.6 Å². The summed E-state index contributed by atoms with van der Waals surface area (Å²) in [4.78, 5) is 2.98. The van der Waals surface area contributed by atoms with Gasteiger partial charge in [-0.1, -0.05) is 6.07 Å². The van der Waals surface area contributed by atoms with Gasteiger partial charge in [-0.05, 0) is 35.9 Å². The predicted octanol–water partition coefficient (Wildman–Crippen LogP) is -1.26. The van der Waals surface area contributed by atoms with Gasteiger partial charge in [0, 0.05) is 30.2 Å². The summed E-state index contributed by atoms with van der Waals surface area (Å²) in [5, 5.41) is 19.0. The van der Waals surface area contributed by atoms with E-state index in [0.29, 0.717) is 11.2 Å². The van der Waals surface area contributed by atoms with Crippen LogP contribution in [0.25, 0.3) is 28.2 Å². The fourth-order valence-electron chi connectivity index (χ4n) is 3.32. The summed E-state index contributed by atoms with van der Waals surface area (Å²) >= 11 is 0. The molecule has 14 nitrogen and oxygen atoms in total. The molecule has 0 spiro atoms. The molecule has 0 aliphatic rings. The molecule has 0 fully saturated rings. The van der Waals surface area contributed by atoms with Gasteiger partial charge in [0.15, 0.2) is 0 Å². The fraction of sp³-hybridized carbons (Fsp3) is 0.176. The van der Waals surface area contributed by atoms with Crippen LogP contribution in [0.2, 0.25) is 0 Å². The molecule has 0 aliphatic heterocycles. The third kappa shape index (κ3) is 4.22. The number of tetrazole rings is 1. The molecule has 1 atom stereocenters. The quantitative estimate of drug-likeness (QED) is 0.192. The Balaban J connectivity index is 2.09. The predicted molar refractivity (Wildman–Crippen MR) is 117 cm³/mol. The van der Waals surface area contributed by atoms with E-state index in [0.717, 1.165) is 6.07 Å². The normalized spacial score (nSPS) is 13.6. The van der Waals surface area contributed by atoms with Gasteiger partial charge in [-0.2, -0.15) is 5.21 Å². The Morgan fingerprint density at radius 3 is 2.48 bits per heavy atom. The van der Waals surface area contributed by atoms with Crippen molar-refractivity contribution in [2.75, 3.05) is 0 Å². The van der Waals surface area contributed by atoms with Crippen molar-refractivity contribution < 1.29 is 16.8 Å².